The van der Waals surface area contributed by atoms with Crippen molar-refractivity contribution in [2.75, 3.05) is 32.9 Å². The van der Waals surface area contributed by atoms with E-state index in [1.165, 1.54) is 12.1 Å². The van der Waals surface area contributed by atoms with Crippen LogP contribution in [0.2, 0.25) is 0 Å². The van der Waals surface area contributed by atoms with Gasteiger partial charge in [0.25, 0.3) is 0 Å². The smallest absolute Gasteiger partial charge is 0.123 e. The molecule has 4 heteroatoms. The van der Waals surface area contributed by atoms with E-state index in [1.807, 2.05) is 12.2 Å². The van der Waals surface area contributed by atoms with E-state index < -0.39 is 0 Å². The van der Waals surface area contributed by atoms with Crippen LogP contribution in [0.5, 0.6) is 0 Å². The summed E-state index contributed by atoms with van der Waals surface area (Å²) in [7, 11) is 0. The van der Waals surface area contributed by atoms with Gasteiger partial charge in [-0.15, -0.1) is 0 Å². The highest BCUT2D eigenvalue weighted by Crippen LogP contribution is 2.08. The van der Waals surface area contributed by atoms with Crippen molar-refractivity contribution >= 4 is 6.08 Å². The van der Waals surface area contributed by atoms with Gasteiger partial charge in [-0.1, -0.05) is 24.3 Å². The van der Waals surface area contributed by atoms with E-state index >= 15 is 0 Å². The first-order valence-electron chi connectivity index (χ1n) is 6.14. The normalized spacial score (nSPS) is 21.6. The number of rotatable bonds is 4. The van der Waals surface area contributed by atoms with Crippen molar-refractivity contribution in [1.82, 2.24) is 4.90 Å². The van der Waals surface area contributed by atoms with Gasteiger partial charge in [0.1, 0.15) is 5.82 Å². The molecule has 0 spiro atoms. The minimum absolute atomic E-state index is 0.0802. The quantitative estimate of drug-likeness (QED) is 0.881. The fraction of sp³-hybridized carbons (Fsp3) is 0.429. The second kappa shape index (κ2) is 6.64. The molecule has 1 aromatic rings. The highest BCUT2D eigenvalue weighted by molar-refractivity contribution is 5.48. The lowest BCUT2D eigenvalue weighted by Crippen LogP contribution is -2.47. The lowest BCUT2D eigenvalue weighted by molar-refractivity contribution is -0.0218. The van der Waals surface area contributed by atoms with Gasteiger partial charge in [0.05, 0.1) is 25.9 Å². The molecule has 1 atom stereocenters. The summed E-state index contributed by atoms with van der Waals surface area (Å²) < 4.78 is 18.0. The Balaban J connectivity index is 1.88. The molecule has 0 saturated carbocycles. The predicted molar refractivity (Wildman–Crippen MR) is 68.7 cm³/mol. The van der Waals surface area contributed by atoms with E-state index in [4.69, 9.17) is 4.74 Å². The zero-order valence-corrected chi connectivity index (χ0v) is 10.3. The van der Waals surface area contributed by atoms with Gasteiger partial charge in [0.2, 0.25) is 0 Å². The van der Waals surface area contributed by atoms with Crippen molar-refractivity contribution in [3.63, 3.8) is 0 Å². The molecule has 1 aromatic carbocycles. The number of nitrogens with zero attached hydrogens (tertiary/aromatic N) is 1. The Morgan fingerprint density at radius 1 is 1.39 bits per heavy atom. The molecule has 0 radical (unpaired) electrons. The summed E-state index contributed by atoms with van der Waals surface area (Å²) in [4.78, 5) is 2.18. The van der Waals surface area contributed by atoms with Gasteiger partial charge >= 0.3 is 0 Å². The highest BCUT2D eigenvalue weighted by atomic mass is 19.1. The minimum atomic E-state index is -0.222. The molecule has 1 fully saturated rings. The maximum Gasteiger partial charge on any atom is 0.123 e. The molecule has 0 aliphatic carbocycles. The molecule has 2 rings (SSSR count). The Hall–Kier alpha value is -1.23. The third-order valence-electron chi connectivity index (χ3n) is 3.08. The first-order chi connectivity index (χ1) is 8.79. The van der Waals surface area contributed by atoms with Crippen molar-refractivity contribution in [3.05, 3.63) is 41.7 Å². The molecular formula is C14H18FNO2. The molecule has 0 aromatic heterocycles. The fourth-order valence-electron chi connectivity index (χ4n) is 2.00. The number of aliphatic hydroxyl groups excluding tert-OH is 1. The molecule has 1 aliphatic rings. The first kappa shape index (κ1) is 13.2. The van der Waals surface area contributed by atoms with Crippen LogP contribution in [0, 0.1) is 5.82 Å². The third-order valence-corrected chi connectivity index (χ3v) is 3.08. The molecule has 0 amide bonds. The molecule has 98 valence electrons. The van der Waals surface area contributed by atoms with Gasteiger partial charge < -0.3 is 9.84 Å². The van der Waals surface area contributed by atoms with Gasteiger partial charge in [0, 0.05) is 13.1 Å². The van der Waals surface area contributed by atoms with Crippen LogP contribution in [0.25, 0.3) is 6.08 Å². The molecule has 0 unspecified atom stereocenters. The lowest BCUT2D eigenvalue weighted by Gasteiger charge is -2.33. The van der Waals surface area contributed by atoms with Gasteiger partial charge in [-0.25, -0.2) is 4.39 Å². The zero-order chi connectivity index (χ0) is 12.8. The number of aliphatic hydroxyl groups is 1. The Bertz CT molecular complexity index is 391. The summed E-state index contributed by atoms with van der Waals surface area (Å²) >= 11 is 0. The topological polar surface area (TPSA) is 32.7 Å². The lowest BCUT2D eigenvalue weighted by atomic mass is 10.2. The Morgan fingerprint density at radius 3 is 2.89 bits per heavy atom. The first-order valence-corrected chi connectivity index (χ1v) is 6.14. The van der Waals surface area contributed by atoms with Crippen molar-refractivity contribution in [2.45, 2.75) is 6.04 Å². The summed E-state index contributed by atoms with van der Waals surface area (Å²) in [5, 5.41) is 9.22. The average molecular weight is 251 g/mol. The fourth-order valence-corrected chi connectivity index (χ4v) is 2.00. The standard InChI is InChI=1S/C14H18FNO2/c15-13-5-3-12(4-6-13)2-1-7-16-8-9-18-11-14(16)10-17/h1-6,14,17H,7-11H2/b2-1+/t14-/m0/s1. The van der Waals surface area contributed by atoms with E-state index in [2.05, 4.69) is 4.90 Å². The predicted octanol–water partition coefficient (Wildman–Crippen LogP) is 1.53. The second-order valence-electron chi connectivity index (χ2n) is 4.36. The Kier molecular flexibility index (Phi) is 4.87. The van der Waals surface area contributed by atoms with E-state index in [-0.39, 0.29) is 18.5 Å². The van der Waals surface area contributed by atoms with Gasteiger partial charge in [-0.05, 0) is 17.7 Å². The molecule has 18 heavy (non-hydrogen) atoms. The molecular weight excluding hydrogens is 233 g/mol. The van der Waals surface area contributed by atoms with Crippen LogP contribution in [0.4, 0.5) is 4.39 Å². The van der Waals surface area contributed by atoms with Crippen LogP contribution >= 0.6 is 0 Å². The van der Waals surface area contributed by atoms with Crippen LogP contribution in [-0.2, 0) is 4.74 Å². The summed E-state index contributed by atoms with van der Waals surface area (Å²) in [6.07, 6.45) is 3.99. The molecule has 0 bridgehead atoms. The van der Waals surface area contributed by atoms with Crippen molar-refractivity contribution in [2.24, 2.45) is 0 Å². The summed E-state index contributed by atoms with van der Waals surface area (Å²) in [6.45, 7) is 3.01. The minimum Gasteiger partial charge on any atom is -0.395 e. The monoisotopic (exact) mass is 251 g/mol. The number of ether oxygens (including phenoxy) is 1. The zero-order valence-electron chi connectivity index (χ0n) is 10.3. The number of morpholine rings is 1. The summed E-state index contributed by atoms with van der Waals surface area (Å²) in [5.41, 5.74) is 0.977. The van der Waals surface area contributed by atoms with Crippen LogP contribution < -0.4 is 0 Å². The van der Waals surface area contributed by atoms with Crippen LogP contribution in [0.1, 0.15) is 5.56 Å². The molecule has 1 saturated heterocycles. The number of benzene rings is 1. The van der Waals surface area contributed by atoms with E-state index in [0.29, 0.717) is 13.2 Å². The number of hydrogen-bond acceptors (Lipinski definition) is 3. The van der Waals surface area contributed by atoms with Gasteiger partial charge in [0.15, 0.2) is 0 Å². The van der Waals surface area contributed by atoms with Crippen LogP contribution in [-0.4, -0.2) is 49.0 Å². The van der Waals surface area contributed by atoms with Gasteiger partial charge in [-0.3, -0.25) is 4.90 Å². The Morgan fingerprint density at radius 2 is 2.17 bits per heavy atom. The largest absolute Gasteiger partial charge is 0.395 e. The van der Waals surface area contributed by atoms with Crippen LogP contribution in [0.3, 0.4) is 0 Å². The Labute approximate surface area is 106 Å². The third kappa shape index (κ3) is 3.63. The average Bonchev–Trinajstić information content (AvgIpc) is 2.41. The molecule has 3 nitrogen and oxygen atoms in total. The molecule has 1 N–H and O–H groups in total. The van der Waals surface area contributed by atoms with E-state index in [1.54, 1.807) is 12.1 Å². The van der Waals surface area contributed by atoms with Crippen molar-refractivity contribution in [1.29, 1.82) is 0 Å². The van der Waals surface area contributed by atoms with Gasteiger partial charge in [-0.2, -0.15) is 0 Å². The molecule has 1 aliphatic heterocycles. The number of hydrogen-bond donors (Lipinski definition) is 1. The van der Waals surface area contributed by atoms with E-state index in [9.17, 15) is 9.50 Å². The SMILES string of the molecule is OC[C@H]1COCCN1C/C=C/c1ccc(F)cc1. The highest BCUT2D eigenvalue weighted by Gasteiger charge is 2.20. The van der Waals surface area contributed by atoms with Crippen LogP contribution in [0.15, 0.2) is 30.3 Å². The summed E-state index contributed by atoms with van der Waals surface area (Å²) in [5.74, 6) is -0.222. The maximum absolute atomic E-state index is 12.7. The van der Waals surface area contributed by atoms with Crippen molar-refractivity contribution < 1.29 is 14.2 Å². The van der Waals surface area contributed by atoms with Crippen molar-refractivity contribution in [3.8, 4) is 0 Å². The second-order valence-corrected chi connectivity index (χ2v) is 4.36. The summed E-state index contributed by atoms with van der Waals surface area (Å²) in [6, 6.07) is 6.47. The number of halogens is 1. The molecule has 1 heterocycles. The maximum atomic E-state index is 12.7. The van der Waals surface area contributed by atoms with E-state index in [0.717, 1.165) is 18.7 Å².